The highest BCUT2D eigenvalue weighted by molar-refractivity contribution is 5.43. The van der Waals surface area contributed by atoms with Crippen LogP contribution in [0.3, 0.4) is 0 Å². The first kappa shape index (κ1) is 16.0. The Labute approximate surface area is 125 Å². The molecule has 2 rings (SSSR count). The molecule has 6 nitrogen and oxygen atoms in total. The summed E-state index contributed by atoms with van der Waals surface area (Å²) in [6, 6.07) is 1.64. The standard InChI is InChI=1S/C15H25N3O3/c1-12(19)5-4-6-18-14(20)9-13(10-16-18)17-7-8-21-15(2,3)11-17/h9-10,12,19H,4-8,11H2,1-3H3. The summed E-state index contributed by atoms with van der Waals surface area (Å²) in [6.07, 6.45) is 2.82. The molecule has 1 atom stereocenters. The first-order valence-electron chi connectivity index (χ1n) is 7.51. The number of hydrogen-bond donors (Lipinski definition) is 1. The van der Waals surface area contributed by atoms with Crippen molar-refractivity contribution in [3.05, 3.63) is 22.6 Å². The zero-order chi connectivity index (χ0) is 15.5. The van der Waals surface area contributed by atoms with E-state index in [0.29, 0.717) is 19.6 Å². The number of ether oxygens (including phenoxy) is 1. The second-order valence-corrected chi connectivity index (χ2v) is 6.30. The van der Waals surface area contributed by atoms with Crippen molar-refractivity contribution in [2.24, 2.45) is 0 Å². The Bertz CT molecular complexity index is 525. The highest BCUT2D eigenvalue weighted by atomic mass is 16.5. The fourth-order valence-electron chi connectivity index (χ4n) is 2.54. The molecule has 2 heterocycles. The summed E-state index contributed by atoms with van der Waals surface area (Å²) in [7, 11) is 0. The van der Waals surface area contributed by atoms with Gasteiger partial charge in [-0.25, -0.2) is 4.68 Å². The first-order chi connectivity index (χ1) is 9.87. The van der Waals surface area contributed by atoms with Gasteiger partial charge in [0, 0.05) is 25.7 Å². The second kappa shape index (κ2) is 6.58. The van der Waals surface area contributed by atoms with E-state index in [4.69, 9.17) is 4.74 Å². The lowest BCUT2D eigenvalue weighted by Crippen LogP contribution is -2.48. The van der Waals surface area contributed by atoms with Crippen LogP contribution >= 0.6 is 0 Å². The van der Waals surface area contributed by atoms with Gasteiger partial charge in [0.1, 0.15) is 0 Å². The number of aromatic nitrogens is 2. The monoisotopic (exact) mass is 295 g/mol. The Kier molecular flexibility index (Phi) is 5.00. The van der Waals surface area contributed by atoms with Crippen LogP contribution in [0.15, 0.2) is 17.1 Å². The summed E-state index contributed by atoms with van der Waals surface area (Å²) in [6.45, 7) is 8.56. The molecule has 0 spiro atoms. The number of aryl methyl sites for hydroxylation is 1. The normalized spacial score (nSPS) is 19.5. The van der Waals surface area contributed by atoms with Gasteiger partial charge in [-0.3, -0.25) is 4.79 Å². The Hall–Kier alpha value is -1.40. The summed E-state index contributed by atoms with van der Waals surface area (Å²) in [5.74, 6) is 0. The zero-order valence-electron chi connectivity index (χ0n) is 13.1. The zero-order valence-corrected chi connectivity index (χ0v) is 13.1. The van der Waals surface area contributed by atoms with Crippen LogP contribution in [-0.2, 0) is 11.3 Å². The molecule has 0 saturated carbocycles. The molecule has 0 radical (unpaired) electrons. The molecule has 1 aromatic rings. The maximum absolute atomic E-state index is 12.1. The van der Waals surface area contributed by atoms with Crippen LogP contribution in [0.4, 0.5) is 5.69 Å². The molecule has 1 fully saturated rings. The topological polar surface area (TPSA) is 67.6 Å². The molecule has 21 heavy (non-hydrogen) atoms. The number of anilines is 1. The molecule has 1 unspecified atom stereocenters. The highest BCUT2D eigenvalue weighted by Gasteiger charge is 2.27. The van der Waals surface area contributed by atoms with Crippen LogP contribution in [-0.4, -0.2) is 46.3 Å². The summed E-state index contributed by atoms with van der Waals surface area (Å²) in [5, 5.41) is 13.5. The molecule has 6 heteroatoms. The highest BCUT2D eigenvalue weighted by Crippen LogP contribution is 2.21. The minimum absolute atomic E-state index is 0.0950. The third kappa shape index (κ3) is 4.54. The minimum atomic E-state index is -0.337. The van der Waals surface area contributed by atoms with Crippen molar-refractivity contribution in [3.8, 4) is 0 Å². The summed E-state index contributed by atoms with van der Waals surface area (Å²) < 4.78 is 7.13. The second-order valence-electron chi connectivity index (χ2n) is 6.30. The van der Waals surface area contributed by atoms with Crippen molar-refractivity contribution >= 4 is 5.69 Å². The van der Waals surface area contributed by atoms with Crippen molar-refractivity contribution < 1.29 is 9.84 Å². The maximum Gasteiger partial charge on any atom is 0.268 e. The van der Waals surface area contributed by atoms with E-state index in [2.05, 4.69) is 10.00 Å². The third-order valence-electron chi connectivity index (χ3n) is 3.64. The van der Waals surface area contributed by atoms with Crippen LogP contribution in [0.1, 0.15) is 33.6 Å². The van der Waals surface area contributed by atoms with Gasteiger partial charge in [-0.05, 0) is 33.6 Å². The average molecular weight is 295 g/mol. The van der Waals surface area contributed by atoms with Gasteiger partial charge in [0.05, 0.1) is 30.2 Å². The maximum atomic E-state index is 12.1. The average Bonchev–Trinajstić information content (AvgIpc) is 2.39. The Morgan fingerprint density at radius 2 is 2.29 bits per heavy atom. The number of hydrogen-bond acceptors (Lipinski definition) is 5. The Balaban J connectivity index is 2.03. The van der Waals surface area contributed by atoms with E-state index in [0.717, 1.165) is 25.2 Å². The minimum Gasteiger partial charge on any atom is -0.393 e. The van der Waals surface area contributed by atoms with Crippen LogP contribution in [0.25, 0.3) is 0 Å². The predicted molar refractivity (Wildman–Crippen MR) is 81.7 cm³/mol. The lowest BCUT2D eigenvalue weighted by Gasteiger charge is -2.39. The van der Waals surface area contributed by atoms with E-state index >= 15 is 0 Å². The molecular formula is C15H25N3O3. The summed E-state index contributed by atoms with van der Waals surface area (Å²) in [5.41, 5.74) is 0.551. The molecule has 1 aromatic heterocycles. The van der Waals surface area contributed by atoms with Gasteiger partial charge in [0.15, 0.2) is 0 Å². The van der Waals surface area contributed by atoms with Crippen molar-refractivity contribution in [2.75, 3.05) is 24.6 Å². The van der Waals surface area contributed by atoms with E-state index in [1.807, 2.05) is 13.8 Å². The number of aliphatic hydroxyl groups excluding tert-OH is 1. The van der Waals surface area contributed by atoms with Gasteiger partial charge in [-0.2, -0.15) is 5.10 Å². The largest absolute Gasteiger partial charge is 0.393 e. The van der Waals surface area contributed by atoms with E-state index in [1.165, 1.54) is 4.68 Å². The number of aliphatic hydroxyl groups is 1. The van der Waals surface area contributed by atoms with Crippen molar-refractivity contribution in [1.82, 2.24) is 9.78 Å². The molecule has 0 aromatic carbocycles. The molecule has 1 saturated heterocycles. The Morgan fingerprint density at radius 1 is 1.52 bits per heavy atom. The predicted octanol–water partition coefficient (Wildman–Crippen LogP) is 1.02. The molecule has 1 aliphatic heterocycles. The quantitative estimate of drug-likeness (QED) is 0.878. The molecule has 0 aliphatic carbocycles. The lowest BCUT2D eigenvalue weighted by molar-refractivity contribution is -0.0277. The molecular weight excluding hydrogens is 270 g/mol. The summed E-state index contributed by atoms with van der Waals surface area (Å²) >= 11 is 0. The van der Waals surface area contributed by atoms with Crippen LogP contribution in [0, 0.1) is 0 Å². The van der Waals surface area contributed by atoms with Gasteiger partial charge in [-0.1, -0.05) is 0 Å². The lowest BCUT2D eigenvalue weighted by atomic mass is 10.1. The van der Waals surface area contributed by atoms with E-state index in [1.54, 1.807) is 19.2 Å². The Morgan fingerprint density at radius 3 is 2.90 bits per heavy atom. The van der Waals surface area contributed by atoms with Gasteiger partial charge in [-0.15, -0.1) is 0 Å². The fraction of sp³-hybridized carbons (Fsp3) is 0.733. The van der Waals surface area contributed by atoms with Crippen molar-refractivity contribution in [3.63, 3.8) is 0 Å². The smallest absolute Gasteiger partial charge is 0.268 e. The van der Waals surface area contributed by atoms with Crippen molar-refractivity contribution in [2.45, 2.75) is 51.9 Å². The van der Waals surface area contributed by atoms with E-state index < -0.39 is 0 Å². The van der Waals surface area contributed by atoms with Gasteiger partial charge in [0.2, 0.25) is 0 Å². The number of nitrogens with zero attached hydrogens (tertiary/aromatic N) is 3. The van der Waals surface area contributed by atoms with E-state index in [-0.39, 0.29) is 17.3 Å². The molecule has 1 aliphatic rings. The van der Waals surface area contributed by atoms with Crippen LogP contribution in [0.2, 0.25) is 0 Å². The van der Waals surface area contributed by atoms with Gasteiger partial charge >= 0.3 is 0 Å². The molecule has 1 N–H and O–H groups in total. The number of rotatable bonds is 5. The van der Waals surface area contributed by atoms with Crippen LogP contribution in [0.5, 0.6) is 0 Å². The molecule has 0 bridgehead atoms. The third-order valence-corrected chi connectivity index (χ3v) is 3.64. The molecule has 118 valence electrons. The molecule has 0 amide bonds. The van der Waals surface area contributed by atoms with Gasteiger partial charge < -0.3 is 14.7 Å². The SMILES string of the molecule is CC(O)CCCn1ncc(N2CCOC(C)(C)C2)cc1=O. The van der Waals surface area contributed by atoms with E-state index in [9.17, 15) is 9.90 Å². The fourth-order valence-corrected chi connectivity index (χ4v) is 2.54. The van der Waals surface area contributed by atoms with Crippen molar-refractivity contribution in [1.29, 1.82) is 0 Å². The van der Waals surface area contributed by atoms with Gasteiger partial charge in [0.25, 0.3) is 5.56 Å². The number of morpholine rings is 1. The summed E-state index contributed by atoms with van der Waals surface area (Å²) in [4.78, 5) is 14.2. The first-order valence-corrected chi connectivity index (χ1v) is 7.51. The van der Waals surface area contributed by atoms with Crippen LogP contribution < -0.4 is 10.5 Å².